The first-order valence-corrected chi connectivity index (χ1v) is 22.7. The van der Waals surface area contributed by atoms with E-state index in [0.29, 0.717) is 5.56 Å². The predicted molar refractivity (Wildman–Crippen MR) is 190 cm³/mol. The zero-order valence-corrected chi connectivity index (χ0v) is 32.0. The highest BCUT2D eigenvalue weighted by Gasteiger charge is 2.26. The van der Waals surface area contributed by atoms with Gasteiger partial charge >= 0.3 is 0 Å². The van der Waals surface area contributed by atoms with E-state index in [0.717, 1.165) is 78.4 Å². The van der Waals surface area contributed by atoms with Gasteiger partial charge in [0, 0.05) is 15.6 Å². The van der Waals surface area contributed by atoms with Gasteiger partial charge in [-0.3, -0.25) is 0 Å². The molecule has 0 aliphatic carbocycles. The highest BCUT2D eigenvalue weighted by atomic mass is 35.7. The summed E-state index contributed by atoms with van der Waals surface area (Å²) >= 11 is 0. The van der Waals surface area contributed by atoms with Crippen LogP contribution in [0.3, 0.4) is 0 Å². The maximum atomic E-state index is 13.7. The van der Waals surface area contributed by atoms with Crippen LogP contribution in [0.15, 0.2) is 143 Å². The predicted octanol–water partition coefficient (Wildman–Crippen LogP) is 6.15. The van der Waals surface area contributed by atoms with Crippen LogP contribution in [0.1, 0.15) is 11.1 Å². The Morgan fingerprint density at radius 1 is 0.481 bits per heavy atom. The number of nitrogens with zero attached hydrogens (tertiary/aromatic N) is 1. The van der Waals surface area contributed by atoms with E-state index in [-0.39, 0.29) is 21.3 Å². The highest BCUT2D eigenvalue weighted by Crippen LogP contribution is 2.38. The number of sulfonamides is 2. The fourth-order valence-corrected chi connectivity index (χ4v) is 11.2. The maximum absolute atomic E-state index is 13.7. The van der Waals surface area contributed by atoms with Crippen molar-refractivity contribution in [3.63, 3.8) is 0 Å². The Kier molecular flexibility index (Phi) is 10.7. The van der Waals surface area contributed by atoms with Gasteiger partial charge in [-0.25, -0.2) is 42.1 Å². The minimum absolute atomic E-state index is 0.148. The van der Waals surface area contributed by atoms with Gasteiger partial charge in [0.05, 0.1) is 31.6 Å². The number of hydrogen-bond acceptors (Lipinski definition) is 12. The van der Waals surface area contributed by atoms with Crippen LogP contribution in [0.2, 0.25) is 0 Å². The van der Waals surface area contributed by atoms with Crippen LogP contribution < -0.4 is 9.47 Å². The molecular weight excluding hydrogens is 798 g/mol. The molecule has 0 N–H and O–H groups in total. The van der Waals surface area contributed by atoms with Crippen LogP contribution in [0, 0.1) is 13.8 Å². The van der Waals surface area contributed by atoms with Crippen molar-refractivity contribution in [2.24, 2.45) is 0 Å². The second-order valence-electron chi connectivity index (χ2n) is 11.1. The summed E-state index contributed by atoms with van der Waals surface area (Å²) in [5.74, 6) is -0.863. The van der Waals surface area contributed by atoms with E-state index >= 15 is 0 Å². The SMILES string of the molecule is COc1ccc(S(=O)(=O)c2ccc(Oc3ccc(S(=O)(=O)c4ccc(C)cc4)cc3S(=O)(=O)[N-]S(=O)(=O)c3ccc(C)cc3)cc2)cc1S(=O)(=O)Cl. The Bertz CT molecular complexity index is 2740. The normalized spacial score (nSPS) is 12.7. The van der Waals surface area contributed by atoms with Gasteiger partial charge in [0.25, 0.3) is 9.05 Å². The van der Waals surface area contributed by atoms with Gasteiger partial charge in [0.1, 0.15) is 42.2 Å². The van der Waals surface area contributed by atoms with Crippen molar-refractivity contribution in [1.29, 1.82) is 0 Å². The van der Waals surface area contributed by atoms with Crippen LogP contribution in [0.25, 0.3) is 4.13 Å². The van der Waals surface area contributed by atoms with Gasteiger partial charge in [0.15, 0.2) is 0 Å². The van der Waals surface area contributed by atoms with Crippen molar-refractivity contribution in [1.82, 2.24) is 0 Å². The van der Waals surface area contributed by atoms with Crippen LogP contribution in [0.5, 0.6) is 17.2 Å². The second kappa shape index (κ2) is 14.3. The average molecular weight is 825 g/mol. The lowest BCUT2D eigenvalue weighted by molar-refractivity contribution is 0.402. The number of halogens is 1. The van der Waals surface area contributed by atoms with Crippen LogP contribution in [0.4, 0.5) is 0 Å². The fourth-order valence-electron chi connectivity index (χ4n) is 4.68. The van der Waals surface area contributed by atoms with E-state index in [1.807, 2.05) is 0 Å². The van der Waals surface area contributed by atoms with Crippen molar-refractivity contribution in [3.05, 3.63) is 124 Å². The lowest BCUT2D eigenvalue weighted by atomic mass is 10.2. The average Bonchev–Trinajstić information content (AvgIpc) is 3.08. The first-order chi connectivity index (χ1) is 24.1. The summed E-state index contributed by atoms with van der Waals surface area (Å²) in [5, 5.41) is 0. The molecular formula is C33H27ClNO12S5-. The summed E-state index contributed by atoms with van der Waals surface area (Å²) < 4.78 is 145. The van der Waals surface area contributed by atoms with E-state index in [4.69, 9.17) is 20.2 Å². The Labute approximate surface area is 306 Å². The largest absolute Gasteiger partial charge is 0.495 e. The van der Waals surface area contributed by atoms with E-state index in [1.165, 1.54) is 31.4 Å². The molecule has 0 fully saturated rings. The lowest BCUT2D eigenvalue weighted by Gasteiger charge is -2.23. The molecule has 0 saturated heterocycles. The van der Waals surface area contributed by atoms with Crippen molar-refractivity contribution in [2.45, 2.75) is 48.1 Å². The molecule has 0 unspecified atom stereocenters. The summed E-state index contributed by atoms with van der Waals surface area (Å²) in [5.41, 5.74) is 1.46. The molecule has 0 aliphatic rings. The molecule has 0 heterocycles. The van der Waals surface area contributed by atoms with E-state index < -0.39 is 79.0 Å². The first kappa shape index (κ1) is 38.9. The Morgan fingerprint density at radius 3 is 1.35 bits per heavy atom. The third kappa shape index (κ3) is 8.17. The molecule has 0 spiro atoms. The third-order valence-corrected chi connectivity index (χ3v) is 15.6. The molecule has 0 bridgehead atoms. The highest BCUT2D eigenvalue weighted by molar-refractivity contribution is 8.14. The molecule has 0 amide bonds. The van der Waals surface area contributed by atoms with E-state index in [9.17, 15) is 42.1 Å². The maximum Gasteiger partial charge on any atom is 0.265 e. The molecule has 0 radical (unpaired) electrons. The number of rotatable bonds is 12. The summed E-state index contributed by atoms with van der Waals surface area (Å²) in [6, 6.07) is 21.2. The minimum Gasteiger partial charge on any atom is -0.495 e. The fraction of sp³-hybridized carbons (Fsp3) is 0.0909. The molecule has 13 nitrogen and oxygen atoms in total. The quantitative estimate of drug-likeness (QED) is 0.130. The molecule has 0 saturated carbocycles. The van der Waals surface area contributed by atoms with Crippen molar-refractivity contribution >= 4 is 59.5 Å². The third-order valence-electron chi connectivity index (χ3n) is 7.42. The number of aryl methyl sites for hydroxylation is 2. The van der Waals surface area contributed by atoms with Gasteiger partial charge in [0.2, 0.25) is 19.7 Å². The topological polar surface area (TPSA) is 203 Å². The molecule has 5 aromatic rings. The summed E-state index contributed by atoms with van der Waals surface area (Å²) in [4.78, 5) is -3.36. The van der Waals surface area contributed by atoms with Gasteiger partial charge < -0.3 is 13.6 Å². The number of methoxy groups -OCH3 is 1. The smallest absolute Gasteiger partial charge is 0.265 e. The van der Waals surface area contributed by atoms with Gasteiger partial charge in [-0.2, -0.15) is 0 Å². The summed E-state index contributed by atoms with van der Waals surface area (Å²) in [7, 11) is -16.5. The standard InChI is InChI=1S/C33H27ClNO12S5/c1-22-4-10-25(11-5-22)48(36,37)29-17-19-31(33(21-29)52(44,45)35-51(42,43)27-12-6-23(2)7-13-27)47-24-8-14-26(15-9-24)49(38,39)28-16-18-30(46-3)32(20-28)50(34,40)41/h4-21H,1-3H3/q-1. The molecule has 19 heteroatoms. The van der Waals surface area contributed by atoms with Crippen LogP contribution in [-0.2, 0) is 48.8 Å². The number of benzene rings is 5. The molecule has 5 aromatic carbocycles. The number of sulfone groups is 2. The number of ether oxygens (including phenoxy) is 2. The van der Waals surface area contributed by atoms with Crippen molar-refractivity contribution in [2.75, 3.05) is 7.11 Å². The summed E-state index contributed by atoms with van der Waals surface area (Å²) in [6.45, 7) is 3.44. The van der Waals surface area contributed by atoms with Crippen molar-refractivity contribution < 1.29 is 51.6 Å². The van der Waals surface area contributed by atoms with Crippen LogP contribution >= 0.6 is 10.7 Å². The van der Waals surface area contributed by atoms with Crippen molar-refractivity contribution in [3.8, 4) is 17.2 Å². The molecule has 0 aromatic heterocycles. The Morgan fingerprint density at radius 2 is 0.885 bits per heavy atom. The molecule has 274 valence electrons. The zero-order chi connectivity index (χ0) is 38.3. The van der Waals surface area contributed by atoms with E-state index in [2.05, 4.69) is 4.13 Å². The molecule has 0 atom stereocenters. The van der Waals surface area contributed by atoms with Gasteiger partial charge in [-0.15, -0.1) is 0 Å². The number of hydrogen-bond donors (Lipinski definition) is 0. The Balaban J connectivity index is 1.55. The lowest BCUT2D eigenvalue weighted by Crippen LogP contribution is -2.11. The van der Waals surface area contributed by atoms with Gasteiger partial charge in [-0.1, -0.05) is 35.4 Å². The minimum atomic E-state index is -5.21. The second-order valence-corrected chi connectivity index (χ2v) is 20.9. The first-order valence-electron chi connectivity index (χ1n) is 14.6. The van der Waals surface area contributed by atoms with Gasteiger partial charge in [-0.05, 0) is 98.8 Å². The molecule has 0 aliphatic heterocycles. The molecule has 52 heavy (non-hydrogen) atoms. The monoisotopic (exact) mass is 824 g/mol. The summed E-state index contributed by atoms with van der Waals surface area (Å²) in [6.07, 6.45) is 0. The molecule has 5 rings (SSSR count). The van der Waals surface area contributed by atoms with Crippen LogP contribution in [-0.4, -0.2) is 49.2 Å². The Hall–Kier alpha value is -4.30. The van der Waals surface area contributed by atoms with E-state index in [1.54, 1.807) is 26.0 Å². The zero-order valence-electron chi connectivity index (χ0n) is 27.2.